The first kappa shape index (κ1) is 19.7. The smallest absolute Gasteiger partial charge is 0.407 e. The molecule has 0 saturated carbocycles. The highest BCUT2D eigenvalue weighted by Crippen LogP contribution is 2.05. The Morgan fingerprint density at radius 1 is 1.25 bits per heavy atom. The van der Waals surface area contributed by atoms with Crippen molar-refractivity contribution in [2.75, 3.05) is 38.7 Å². The molecule has 0 aliphatic carbocycles. The number of nitrogen functional groups attached to an aromatic ring is 1. The van der Waals surface area contributed by atoms with Gasteiger partial charge in [-0.1, -0.05) is 5.92 Å². The Kier molecular flexibility index (Phi) is 8.54. The molecule has 0 spiro atoms. The Balaban J connectivity index is 1.99. The molecular weight excluding hydrogens is 312 g/mol. The highest BCUT2D eigenvalue weighted by molar-refractivity contribution is 5.67. The number of ether oxygens (including phenoxy) is 3. The molecule has 24 heavy (non-hydrogen) atoms. The molecule has 8 heteroatoms. The zero-order valence-electron chi connectivity index (χ0n) is 14.3. The fourth-order valence-corrected chi connectivity index (χ4v) is 1.45. The Hall–Kier alpha value is -2.37. The first-order valence-corrected chi connectivity index (χ1v) is 7.55. The molecular formula is C16H24N4O4. The Labute approximate surface area is 142 Å². The molecule has 0 aliphatic rings. The molecule has 0 radical (unpaired) electrons. The number of nitrogens with two attached hydrogens (primary N) is 1. The van der Waals surface area contributed by atoms with E-state index in [9.17, 15) is 4.79 Å². The zero-order chi connectivity index (χ0) is 17.8. The lowest BCUT2D eigenvalue weighted by Crippen LogP contribution is -2.34. The third kappa shape index (κ3) is 10.4. The number of aromatic nitrogens is 2. The number of rotatable bonds is 7. The number of hydrogen-bond acceptors (Lipinski definition) is 7. The Morgan fingerprint density at radius 2 is 2.00 bits per heavy atom. The summed E-state index contributed by atoms with van der Waals surface area (Å²) in [6.45, 7) is 7.26. The van der Waals surface area contributed by atoms with Gasteiger partial charge >= 0.3 is 6.09 Å². The van der Waals surface area contributed by atoms with Crippen LogP contribution < -0.4 is 11.1 Å². The second kappa shape index (κ2) is 10.4. The summed E-state index contributed by atoms with van der Waals surface area (Å²) >= 11 is 0. The molecule has 1 heterocycles. The number of nitrogens with one attached hydrogen (secondary N) is 1. The third-order valence-corrected chi connectivity index (χ3v) is 2.33. The van der Waals surface area contributed by atoms with E-state index >= 15 is 0 Å². The average molecular weight is 336 g/mol. The highest BCUT2D eigenvalue weighted by atomic mass is 16.6. The Morgan fingerprint density at radius 3 is 2.71 bits per heavy atom. The number of amides is 1. The van der Waals surface area contributed by atoms with E-state index in [4.69, 9.17) is 19.9 Å². The van der Waals surface area contributed by atoms with Gasteiger partial charge in [-0.3, -0.25) is 4.98 Å². The van der Waals surface area contributed by atoms with E-state index in [0.717, 1.165) is 0 Å². The van der Waals surface area contributed by atoms with Crippen molar-refractivity contribution in [3.63, 3.8) is 0 Å². The molecule has 1 rings (SSSR count). The van der Waals surface area contributed by atoms with E-state index in [2.05, 4.69) is 27.1 Å². The lowest BCUT2D eigenvalue weighted by atomic mass is 10.2. The molecule has 0 atom stereocenters. The largest absolute Gasteiger partial charge is 0.444 e. The van der Waals surface area contributed by atoms with E-state index in [0.29, 0.717) is 37.9 Å². The maximum atomic E-state index is 11.4. The second-order valence-electron chi connectivity index (χ2n) is 5.72. The average Bonchev–Trinajstić information content (AvgIpc) is 2.47. The fourth-order valence-electron chi connectivity index (χ4n) is 1.45. The minimum absolute atomic E-state index is 0.260. The summed E-state index contributed by atoms with van der Waals surface area (Å²) in [6, 6.07) is 0. The van der Waals surface area contributed by atoms with Gasteiger partial charge in [0.25, 0.3) is 0 Å². The van der Waals surface area contributed by atoms with Gasteiger partial charge in [0.2, 0.25) is 0 Å². The number of carbonyl (C=O) groups is 1. The standard InChI is InChI=1S/C16H24N4O4/c1-16(2,3)24-15(21)19-6-8-23-10-9-22-7-4-5-13-11-18-12-14(17)20-13/h11-12H,6-10H2,1-3H3,(H2,17,20)(H,19,21). The summed E-state index contributed by atoms with van der Waals surface area (Å²) in [5, 5.41) is 2.60. The zero-order valence-corrected chi connectivity index (χ0v) is 14.3. The van der Waals surface area contributed by atoms with E-state index in [-0.39, 0.29) is 6.61 Å². The maximum absolute atomic E-state index is 11.4. The van der Waals surface area contributed by atoms with E-state index in [1.165, 1.54) is 12.4 Å². The maximum Gasteiger partial charge on any atom is 0.407 e. The minimum Gasteiger partial charge on any atom is -0.444 e. The molecule has 0 aliphatic heterocycles. The normalized spacial score (nSPS) is 10.6. The van der Waals surface area contributed by atoms with Crippen LogP contribution in [0.4, 0.5) is 10.6 Å². The van der Waals surface area contributed by atoms with Crippen LogP contribution in [0, 0.1) is 11.8 Å². The lowest BCUT2D eigenvalue weighted by Gasteiger charge is -2.19. The van der Waals surface area contributed by atoms with Crippen molar-refractivity contribution < 1.29 is 19.0 Å². The van der Waals surface area contributed by atoms with Crippen LogP contribution in [-0.2, 0) is 14.2 Å². The van der Waals surface area contributed by atoms with E-state index in [1.807, 2.05) is 20.8 Å². The summed E-state index contributed by atoms with van der Waals surface area (Å²) in [6.07, 6.45) is 2.53. The summed E-state index contributed by atoms with van der Waals surface area (Å²) in [4.78, 5) is 19.2. The van der Waals surface area contributed by atoms with Gasteiger partial charge in [-0.2, -0.15) is 0 Å². The van der Waals surface area contributed by atoms with E-state index in [1.54, 1.807) is 0 Å². The van der Waals surface area contributed by atoms with Crippen LogP contribution in [0.1, 0.15) is 26.5 Å². The molecule has 1 amide bonds. The first-order valence-electron chi connectivity index (χ1n) is 7.55. The van der Waals surface area contributed by atoms with Crippen molar-refractivity contribution in [2.24, 2.45) is 0 Å². The van der Waals surface area contributed by atoms with Gasteiger partial charge in [0.1, 0.15) is 23.7 Å². The summed E-state index contributed by atoms with van der Waals surface area (Å²) in [7, 11) is 0. The molecule has 132 valence electrons. The monoisotopic (exact) mass is 336 g/mol. The Bertz CT molecular complexity index is 575. The quantitative estimate of drug-likeness (QED) is 0.564. The van der Waals surface area contributed by atoms with Gasteiger partial charge in [0, 0.05) is 6.54 Å². The van der Waals surface area contributed by atoms with Crippen molar-refractivity contribution in [3.05, 3.63) is 18.1 Å². The molecule has 0 aromatic carbocycles. The van der Waals surface area contributed by atoms with Crippen molar-refractivity contribution in [1.29, 1.82) is 0 Å². The van der Waals surface area contributed by atoms with Crippen LogP contribution in [0.3, 0.4) is 0 Å². The molecule has 8 nitrogen and oxygen atoms in total. The molecule has 3 N–H and O–H groups in total. The van der Waals surface area contributed by atoms with Gasteiger partial charge in [-0.05, 0) is 26.7 Å². The lowest BCUT2D eigenvalue weighted by molar-refractivity contribution is 0.0443. The van der Waals surface area contributed by atoms with Crippen LogP contribution in [0.25, 0.3) is 0 Å². The van der Waals surface area contributed by atoms with Gasteiger partial charge < -0.3 is 25.3 Å². The van der Waals surface area contributed by atoms with Crippen LogP contribution in [-0.4, -0.2) is 54.6 Å². The van der Waals surface area contributed by atoms with Gasteiger partial charge in [-0.25, -0.2) is 9.78 Å². The van der Waals surface area contributed by atoms with Crippen LogP contribution in [0.2, 0.25) is 0 Å². The molecule has 0 fully saturated rings. The minimum atomic E-state index is -0.503. The molecule has 1 aromatic rings. The number of alkyl carbamates (subject to hydrolysis) is 1. The van der Waals surface area contributed by atoms with Gasteiger partial charge in [0.05, 0.1) is 32.2 Å². The molecule has 1 aromatic heterocycles. The fraction of sp³-hybridized carbons (Fsp3) is 0.562. The van der Waals surface area contributed by atoms with E-state index < -0.39 is 11.7 Å². The predicted octanol–water partition coefficient (Wildman–Crippen LogP) is 0.968. The van der Waals surface area contributed by atoms with Crippen molar-refractivity contribution >= 4 is 11.9 Å². The molecule has 0 saturated heterocycles. The SMILES string of the molecule is CC(C)(C)OC(=O)NCCOCCOCC#Cc1cncc(N)n1. The topological polar surface area (TPSA) is 109 Å². The summed E-state index contributed by atoms with van der Waals surface area (Å²) in [5.74, 6) is 5.93. The first-order chi connectivity index (χ1) is 11.4. The van der Waals surface area contributed by atoms with Gasteiger partial charge in [-0.15, -0.1) is 0 Å². The van der Waals surface area contributed by atoms with Crippen molar-refractivity contribution in [3.8, 4) is 11.8 Å². The predicted molar refractivity (Wildman–Crippen MR) is 89.2 cm³/mol. The molecule has 0 unspecified atom stereocenters. The number of anilines is 1. The number of carbonyl (C=O) groups excluding carboxylic acids is 1. The number of nitrogens with zero attached hydrogens (tertiary/aromatic N) is 2. The summed E-state index contributed by atoms with van der Waals surface area (Å²) in [5.41, 5.74) is 5.49. The second-order valence-corrected chi connectivity index (χ2v) is 5.72. The van der Waals surface area contributed by atoms with Crippen molar-refractivity contribution in [2.45, 2.75) is 26.4 Å². The van der Waals surface area contributed by atoms with Crippen LogP contribution >= 0.6 is 0 Å². The van der Waals surface area contributed by atoms with Crippen molar-refractivity contribution in [1.82, 2.24) is 15.3 Å². The summed E-state index contributed by atoms with van der Waals surface area (Å²) < 4.78 is 15.7. The molecule has 0 bridgehead atoms. The highest BCUT2D eigenvalue weighted by Gasteiger charge is 2.15. The van der Waals surface area contributed by atoms with Crippen LogP contribution in [0.5, 0.6) is 0 Å². The number of hydrogen-bond donors (Lipinski definition) is 2. The van der Waals surface area contributed by atoms with Gasteiger partial charge in [0.15, 0.2) is 0 Å². The third-order valence-electron chi connectivity index (χ3n) is 2.33. The van der Waals surface area contributed by atoms with Crippen LogP contribution in [0.15, 0.2) is 12.4 Å².